The van der Waals surface area contributed by atoms with Gasteiger partial charge in [0.1, 0.15) is 0 Å². The van der Waals surface area contributed by atoms with Crippen LogP contribution in [0.25, 0.3) is 0 Å². The monoisotopic (exact) mass is 223 g/mol. The molecular weight excluding hydrogens is 206 g/mol. The Labute approximate surface area is 95.0 Å². The van der Waals surface area contributed by atoms with E-state index in [4.69, 9.17) is 4.42 Å². The summed E-state index contributed by atoms with van der Waals surface area (Å²) >= 11 is 0. The van der Waals surface area contributed by atoms with Gasteiger partial charge >= 0.3 is 0 Å². The number of ketones is 1. The van der Waals surface area contributed by atoms with Crippen LogP contribution >= 0.6 is 0 Å². The molecule has 0 aliphatic heterocycles. The lowest BCUT2D eigenvalue weighted by molar-refractivity contribution is -0.121. The number of carbonyl (C=O) groups is 2. The molecule has 0 saturated heterocycles. The van der Waals surface area contributed by atoms with Crippen molar-refractivity contribution in [1.82, 2.24) is 5.32 Å². The van der Waals surface area contributed by atoms with Crippen LogP contribution in [-0.2, 0) is 4.79 Å². The highest BCUT2D eigenvalue weighted by Crippen LogP contribution is 2.06. The summed E-state index contributed by atoms with van der Waals surface area (Å²) in [5.41, 5.74) is 0. The second-order valence-electron chi connectivity index (χ2n) is 3.78. The summed E-state index contributed by atoms with van der Waals surface area (Å²) in [6.07, 6.45) is 2.74. The average molecular weight is 223 g/mol. The minimum absolute atomic E-state index is 0.0887. The van der Waals surface area contributed by atoms with Gasteiger partial charge in [-0.15, -0.1) is 0 Å². The third-order valence-electron chi connectivity index (χ3n) is 2.39. The van der Waals surface area contributed by atoms with Crippen molar-refractivity contribution in [2.24, 2.45) is 0 Å². The highest BCUT2D eigenvalue weighted by atomic mass is 16.3. The standard InChI is InChI=1S/C12H17NO3/c1-3-9(2)13-12(15)7-6-10(14)11-5-4-8-16-11/h4-5,8-9H,3,6-7H2,1-2H3,(H,13,15). The molecule has 0 saturated carbocycles. The first-order valence-corrected chi connectivity index (χ1v) is 5.49. The van der Waals surface area contributed by atoms with Crippen molar-refractivity contribution in [3.8, 4) is 0 Å². The zero-order valence-electron chi connectivity index (χ0n) is 9.66. The zero-order chi connectivity index (χ0) is 12.0. The maximum atomic E-state index is 11.5. The van der Waals surface area contributed by atoms with Crippen molar-refractivity contribution in [3.63, 3.8) is 0 Å². The van der Waals surface area contributed by atoms with Gasteiger partial charge < -0.3 is 9.73 Å². The van der Waals surface area contributed by atoms with Gasteiger partial charge in [-0.05, 0) is 25.5 Å². The number of rotatable bonds is 6. The molecule has 0 fully saturated rings. The number of amides is 1. The molecule has 0 aromatic carbocycles. The molecule has 88 valence electrons. The molecule has 1 aromatic rings. The molecule has 4 nitrogen and oxygen atoms in total. The quantitative estimate of drug-likeness (QED) is 0.752. The van der Waals surface area contributed by atoms with Crippen LogP contribution in [0.3, 0.4) is 0 Å². The van der Waals surface area contributed by atoms with Gasteiger partial charge in [0.15, 0.2) is 11.5 Å². The maximum absolute atomic E-state index is 11.5. The molecule has 1 unspecified atom stereocenters. The number of hydrogen-bond acceptors (Lipinski definition) is 3. The lowest BCUT2D eigenvalue weighted by atomic mass is 10.1. The summed E-state index contributed by atoms with van der Waals surface area (Å²) in [5.74, 6) is 0.0925. The largest absolute Gasteiger partial charge is 0.461 e. The van der Waals surface area contributed by atoms with E-state index in [0.29, 0.717) is 5.76 Å². The Kier molecular flexibility index (Phi) is 4.76. The van der Waals surface area contributed by atoms with Crippen LogP contribution in [0, 0.1) is 0 Å². The lowest BCUT2D eigenvalue weighted by Crippen LogP contribution is -2.32. The van der Waals surface area contributed by atoms with E-state index in [2.05, 4.69) is 5.32 Å². The Balaban J connectivity index is 2.29. The van der Waals surface area contributed by atoms with E-state index in [1.165, 1.54) is 6.26 Å². The molecule has 16 heavy (non-hydrogen) atoms. The molecule has 0 radical (unpaired) electrons. The van der Waals surface area contributed by atoms with Crippen LogP contribution < -0.4 is 5.32 Å². The van der Waals surface area contributed by atoms with Crippen molar-refractivity contribution in [2.75, 3.05) is 0 Å². The highest BCUT2D eigenvalue weighted by molar-refractivity contribution is 5.95. The van der Waals surface area contributed by atoms with E-state index in [9.17, 15) is 9.59 Å². The first-order valence-electron chi connectivity index (χ1n) is 5.49. The molecule has 0 aliphatic rings. The number of furan rings is 1. The van der Waals surface area contributed by atoms with Crippen molar-refractivity contribution in [1.29, 1.82) is 0 Å². The highest BCUT2D eigenvalue weighted by Gasteiger charge is 2.12. The number of hydrogen-bond donors (Lipinski definition) is 1. The molecule has 1 heterocycles. The molecule has 0 spiro atoms. The SMILES string of the molecule is CCC(C)NC(=O)CCC(=O)c1ccco1. The van der Waals surface area contributed by atoms with Gasteiger partial charge in [0.2, 0.25) is 5.91 Å². The topological polar surface area (TPSA) is 59.3 Å². The molecule has 1 aromatic heterocycles. The third-order valence-corrected chi connectivity index (χ3v) is 2.39. The van der Waals surface area contributed by atoms with Gasteiger partial charge in [-0.25, -0.2) is 0 Å². The van der Waals surface area contributed by atoms with Gasteiger partial charge in [-0.3, -0.25) is 9.59 Å². The Bertz CT molecular complexity index is 343. The van der Waals surface area contributed by atoms with Crippen LogP contribution in [0.15, 0.2) is 22.8 Å². The maximum Gasteiger partial charge on any atom is 0.220 e. The summed E-state index contributed by atoms with van der Waals surface area (Å²) in [6.45, 7) is 3.94. The van der Waals surface area contributed by atoms with Crippen LogP contribution in [0.2, 0.25) is 0 Å². The number of nitrogens with one attached hydrogen (secondary N) is 1. The van der Waals surface area contributed by atoms with Crippen molar-refractivity contribution >= 4 is 11.7 Å². The van der Waals surface area contributed by atoms with E-state index in [1.807, 2.05) is 13.8 Å². The van der Waals surface area contributed by atoms with E-state index >= 15 is 0 Å². The molecular formula is C12H17NO3. The lowest BCUT2D eigenvalue weighted by Gasteiger charge is -2.10. The summed E-state index contributed by atoms with van der Waals surface area (Å²) in [4.78, 5) is 22.9. The Morgan fingerprint density at radius 3 is 2.75 bits per heavy atom. The predicted molar refractivity (Wildman–Crippen MR) is 60.2 cm³/mol. The summed E-state index contributed by atoms with van der Waals surface area (Å²) in [5, 5.41) is 2.81. The normalized spacial score (nSPS) is 12.1. The Morgan fingerprint density at radius 1 is 1.44 bits per heavy atom. The second-order valence-corrected chi connectivity index (χ2v) is 3.78. The van der Waals surface area contributed by atoms with Crippen LogP contribution in [0.5, 0.6) is 0 Å². The van der Waals surface area contributed by atoms with Gasteiger partial charge in [0, 0.05) is 18.9 Å². The minimum Gasteiger partial charge on any atom is -0.461 e. The second kappa shape index (κ2) is 6.10. The van der Waals surface area contributed by atoms with Gasteiger partial charge in [-0.2, -0.15) is 0 Å². The zero-order valence-corrected chi connectivity index (χ0v) is 9.66. The molecule has 1 amide bonds. The van der Waals surface area contributed by atoms with Crippen molar-refractivity contribution in [2.45, 2.75) is 39.2 Å². The van der Waals surface area contributed by atoms with Crippen LogP contribution in [0.1, 0.15) is 43.7 Å². The van der Waals surface area contributed by atoms with Crippen molar-refractivity contribution in [3.05, 3.63) is 24.2 Å². The molecule has 0 aliphatic carbocycles. The molecule has 4 heteroatoms. The Hall–Kier alpha value is -1.58. The third kappa shape index (κ3) is 3.88. The fourth-order valence-corrected chi connectivity index (χ4v) is 1.24. The fourth-order valence-electron chi connectivity index (χ4n) is 1.24. The fraction of sp³-hybridized carbons (Fsp3) is 0.500. The molecule has 1 atom stereocenters. The van der Waals surface area contributed by atoms with E-state index in [1.54, 1.807) is 12.1 Å². The van der Waals surface area contributed by atoms with E-state index in [0.717, 1.165) is 6.42 Å². The first kappa shape index (κ1) is 12.5. The number of Topliss-reactive ketones (excluding diaryl/α,β-unsaturated/α-hetero) is 1. The molecule has 1 rings (SSSR count). The van der Waals surface area contributed by atoms with Crippen molar-refractivity contribution < 1.29 is 14.0 Å². The van der Waals surface area contributed by atoms with E-state index in [-0.39, 0.29) is 30.6 Å². The summed E-state index contributed by atoms with van der Waals surface area (Å²) in [6, 6.07) is 3.42. The van der Waals surface area contributed by atoms with E-state index < -0.39 is 0 Å². The average Bonchev–Trinajstić information content (AvgIpc) is 2.79. The smallest absolute Gasteiger partial charge is 0.220 e. The number of carbonyl (C=O) groups excluding carboxylic acids is 2. The van der Waals surface area contributed by atoms with Gasteiger partial charge in [0.05, 0.1) is 6.26 Å². The minimum atomic E-state index is -0.135. The first-order chi connectivity index (χ1) is 7.63. The van der Waals surface area contributed by atoms with Crippen LogP contribution in [-0.4, -0.2) is 17.7 Å². The Morgan fingerprint density at radius 2 is 2.19 bits per heavy atom. The molecule has 0 bridgehead atoms. The molecule has 1 N–H and O–H groups in total. The van der Waals surface area contributed by atoms with Gasteiger partial charge in [-0.1, -0.05) is 6.92 Å². The van der Waals surface area contributed by atoms with Gasteiger partial charge in [0.25, 0.3) is 0 Å². The van der Waals surface area contributed by atoms with Crippen LogP contribution in [0.4, 0.5) is 0 Å². The predicted octanol–water partition coefficient (Wildman–Crippen LogP) is 2.16. The summed E-state index contributed by atoms with van der Waals surface area (Å²) in [7, 11) is 0. The summed E-state index contributed by atoms with van der Waals surface area (Å²) < 4.78 is 4.95.